The first-order valence-corrected chi connectivity index (χ1v) is 7.21. The van der Waals surface area contributed by atoms with Crippen LogP contribution in [0.3, 0.4) is 0 Å². The van der Waals surface area contributed by atoms with E-state index in [1.165, 1.54) is 11.1 Å². The Kier molecular flexibility index (Phi) is 6.69. The van der Waals surface area contributed by atoms with Crippen LogP contribution in [0.15, 0.2) is 49.6 Å². The van der Waals surface area contributed by atoms with Crippen LogP contribution >= 0.6 is 0 Å². The second-order valence-electron chi connectivity index (χ2n) is 6.19. The van der Waals surface area contributed by atoms with E-state index in [9.17, 15) is 0 Å². The molecule has 0 heterocycles. The topological polar surface area (TPSA) is 15.3 Å². The third kappa shape index (κ3) is 6.69. The van der Waals surface area contributed by atoms with Crippen molar-refractivity contribution in [3.8, 4) is 0 Å². The van der Waals surface area contributed by atoms with Crippen LogP contribution in [-0.2, 0) is 13.1 Å². The van der Waals surface area contributed by atoms with E-state index in [-0.39, 0.29) is 5.54 Å². The lowest BCUT2D eigenvalue weighted by atomic mass is 10.1. The molecule has 0 aliphatic heterocycles. The molecule has 0 bridgehead atoms. The maximum Gasteiger partial charge on any atom is 0.0240 e. The Bertz CT molecular complexity index is 402. The first-order valence-electron chi connectivity index (χ1n) is 7.21. The van der Waals surface area contributed by atoms with Crippen LogP contribution in [0.25, 0.3) is 0 Å². The molecule has 0 amide bonds. The quantitative estimate of drug-likeness (QED) is 0.725. The smallest absolute Gasteiger partial charge is 0.0240 e. The van der Waals surface area contributed by atoms with Crippen molar-refractivity contribution in [2.75, 3.05) is 13.1 Å². The van der Waals surface area contributed by atoms with Crippen LogP contribution in [0, 0.1) is 0 Å². The number of hydrogen-bond acceptors (Lipinski definition) is 2. The van der Waals surface area contributed by atoms with E-state index >= 15 is 0 Å². The van der Waals surface area contributed by atoms with Gasteiger partial charge in [-0.1, -0.05) is 36.4 Å². The standard InChI is InChI=1S/C18H28N2/c1-6-12-20(13-7-2)15-17-10-8-16(9-11-17)14-19-18(3,4)5/h6-11,19H,1-2,12-15H2,3-5H3. The second kappa shape index (κ2) is 8.03. The third-order valence-electron chi connectivity index (χ3n) is 3.03. The average molecular weight is 272 g/mol. The van der Waals surface area contributed by atoms with Gasteiger partial charge in [0.25, 0.3) is 0 Å². The largest absolute Gasteiger partial charge is 0.308 e. The summed E-state index contributed by atoms with van der Waals surface area (Å²) < 4.78 is 0. The maximum absolute atomic E-state index is 3.80. The monoisotopic (exact) mass is 272 g/mol. The van der Waals surface area contributed by atoms with E-state index in [1.54, 1.807) is 0 Å². The molecule has 0 saturated heterocycles. The molecule has 0 aliphatic rings. The predicted molar refractivity (Wildman–Crippen MR) is 88.7 cm³/mol. The fourth-order valence-electron chi connectivity index (χ4n) is 1.96. The molecular weight excluding hydrogens is 244 g/mol. The summed E-state index contributed by atoms with van der Waals surface area (Å²) in [6, 6.07) is 8.82. The molecule has 0 aromatic heterocycles. The molecular formula is C18H28N2. The van der Waals surface area contributed by atoms with Gasteiger partial charge < -0.3 is 5.32 Å². The highest BCUT2D eigenvalue weighted by atomic mass is 15.1. The third-order valence-corrected chi connectivity index (χ3v) is 3.03. The van der Waals surface area contributed by atoms with Gasteiger partial charge in [0.1, 0.15) is 0 Å². The number of nitrogens with one attached hydrogen (secondary N) is 1. The van der Waals surface area contributed by atoms with E-state index in [2.05, 4.69) is 68.4 Å². The summed E-state index contributed by atoms with van der Waals surface area (Å²) in [6.45, 7) is 17.8. The van der Waals surface area contributed by atoms with Gasteiger partial charge in [0, 0.05) is 31.7 Å². The minimum Gasteiger partial charge on any atom is -0.308 e. The fourth-order valence-corrected chi connectivity index (χ4v) is 1.96. The number of rotatable bonds is 8. The van der Waals surface area contributed by atoms with E-state index < -0.39 is 0 Å². The summed E-state index contributed by atoms with van der Waals surface area (Å²) in [5, 5.41) is 3.50. The lowest BCUT2D eigenvalue weighted by Gasteiger charge is -2.21. The van der Waals surface area contributed by atoms with Crippen molar-refractivity contribution in [2.24, 2.45) is 0 Å². The van der Waals surface area contributed by atoms with Gasteiger partial charge >= 0.3 is 0 Å². The molecule has 20 heavy (non-hydrogen) atoms. The molecule has 0 radical (unpaired) electrons. The molecule has 1 rings (SSSR count). The van der Waals surface area contributed by atoms with Crippen LogP contribution in [0.2, 0.25) is 0 Å². The lowest BCUT2D eigenvalue weighted by Crippen LogP contribution is -2.35. The van der Waals surface area contributed by atoms with Crippen LogP contribution in [0.4, 0.5) is 0 Å². The summed E-state index contributed by atoms with van der Waals surface area (Å²) >= 11 is 0. The molecule has 2 nitrogen and oxygen atoms in total. The molecule has 0 saturated carbocycles. The van der Waals surface area contributed by atoms with Crippen LogP contribution in [0.1, 0.15) is 31.9 Å². The fraction of sp³-hybridized carbons (Fsp3) is 0.444. The predicted octanol–water partition coefficient (Wildman–Crippen LogP) is 3.75. The zero-order valence-electron chi connectivity index (χ0n) is 13.2. The normalized spacial score (nSPS) is 11.6. The Morgan fingerprint density at radius 3 is 1.95 bits per heavy atom. The van der Waals surface area contributed by atoms with E-state index in [4.69, 9.17) is 0 Å². The van der Waals surface area contributed by atoms with Crippen molar-refractivity contribution in [1.82, 2.24) is 10.2 Å². The highest BCUT2D eigenvalue weighted by molar-refractivity contribution is 5.22. The minimum atomic E-state index is 0.156. The van der Waals surface area contributed by atoms with Gasteiger partial charge in [-0.25, -0.2) is 0 Å². The molecule has 0 unspecified atom stereocenters. The van der Waals surface area contributed by atoms with Crippen molar-refractivity contribution in [1.29, 1.82) is 0 Å². The van der Waals surface area contributed by atoms with Crippen molar-refractivity contribution < 1.29 is 0 Å². The number of nitrogens with zero attached hydrogens (tertiary/aromatic N) is 1. The van der Waals surface area contributed by atoms with Gasteiger partial charge in [0.05, 0.1) is 0 Å². The van der Waals surface area contributed by atoms with Crippen molar-refractivity contribution >= 4 is 0 Å². The van der Waals surface area contributed by atoms with E-state index in [0.29, 0.717) is 0 Å². The molecule has 0 aliphatic carbocycles. The average Bonchev–Trinajstić information content (AvgIpc) is 2.38. The van der Waals surface area contributed by atoms with Crippen LogP contribution in [0.5, 0.6) is 0 Å². The Balaban J connectivity index is 2.56. The van der Waals surface area contributed by atoms with Gasteiger partial charge in [-0.3, -0.25) is 4.90 Å². The summed E-state index contributed by atoms with van der Waals surface area (Å²) in [7, 11) is 0. The summed E-state index contributed by atoms with van der Waals surface area (Å²) in [6.07, 6.45) is 3.87. The Hall–Kier alpha value is -1.38. The molecule has 1 aromatic carbocycles. The Morgan fingerprint density at radius 2 is 1.50 bits per heavy atom. The summed E-state index contributed by atoms with van der Waals surface area (Å²) in [5.74, 6) is 0. The highest BCUT2D eigenvalue weighted by Gasteiger charge is 2.08. The molecule has 0 spiro atoms. The Labute approximate surface area is 124 Å². The molecule has 1 aromatic rings. The molecule has 0 fully saturated rings. The van der Waals surface area contributed by atoms with Gasteiger partial charge in [0.2, 0.25) is 0 Å². The minimum absolute atomic E-state index is 0.156. The zero-order valence-corrected chi connectivity index (χ0v) is 13.2. The van der Waals surface area contributed by atoms with Crippen molar-refractivity contribution in [2.45, 2.75) is 39.4 Å². The number of benzene rings is 1. The molecule has 0 atom stereocenters. The van der Waals surface area contributed by atoms with Gasteiger partial charge in [-0.05, 0) is 31.9 Å². The zero-order chi connectivity index (χ0) is 15.0. The maximum atomic E-state index is 3.80. The lowest BCUT2D eigenvalue weighted by molar-refractivity contribution is 0.327. The first-order chi connectivity index (χ1) is 9.44. The molecule has 1 N–H and O–H groups in total. The summed E-state index contributed by atoms with van der Waals surface area (Å²) in [4.78, 5) is 2.31. The van der Waals surface area contributed by atoms with Gasteiger partial charge in [0.15, 0.2) is 0 Å². The van der Waals surface area contributed by atoms with E-state index in [0.717, 1.165) is 26.2 Å². The van der Waals surface area contributed by atoms with Crippen molar-refractivity contribution in [3.05, 3.63) is 60.7 Å². The second-order valence-corrected chi connectivity index (χ2v) is 6.19. The highest BCUT2D eigenvalue weighted by Crippen LogP contribution is 2.09. The first kappa shape index (κ1) is 16.7. The van der Waals surface area contributed by atoms with Gasteiger partial charge in [-0.15, -0.1) is 13.2 Å². The van der Waals surface area contributed by atoms with Crippen LogP contribution < -0.4 is 5.32 Å². The van der Waals surface area contributed by atoms with Crippen molar-refractivity contribution in [3.63, 3.8) is 0 Å². The molecule has 110 valence electrons. The SMILES string of the molecule is C=CCN(CC=C)Cc1ccc(CNC(C)(C)C)cc1. The van der Waals surface area contributed by atoms with Crippen LogP contribution in [-0.4, -0.2) is 23.5 Å². The molecule has 2 heteroatoms. The van der Waals surface area contributed by atoms with E-state index in [1.807, 2.05) is 12.2 Å². The van der Waals surface area contributed by atoms with Gasteiger partial charge in [-0.2, -0.15) is 0 Å². The number of hydrogen-bond donors (Lipinski definition) is 1. The summed E-state index contributed by atoms with van der Waals surface area (Å²) in [5.41, 5.74) is 2.81. The Morgan fingerprint density at radius 1 is 1.00 bits per heavy atom.